The van der Waals surface area contributed by atoms with Crippen LogP contribution in [0.2, 0.25) is 0 Å². The molecule has 0 aromatic rings. The van der Waals surface area contributed by atoms with E-state index in [1.165, 1.54) is 0 Å². The lowest BCUT2D eigenvalue weighted by Crippen LogP contribution is -2.68. The Morgan fingerprint density at radius 1 is 1.07 bits per heavy atom. The van der Waals surface area contributed by atoms with Crippen molar-refractivity contribution in [2.75, 3.05) is 0 Å². The predicted molar refractivity (Wildman–Crippen MR) is 49.8 cm³/mol. The first kappa shape index (κ1) is 8.68. The molecule has 4 aliphatic rings. The summed E-state index contributed by atoms with van der Waals surface area (Å²) in [6, 6.07) is 1.43. The van der Waals surface area contributed by atoms with Crippen molar-refractivity contribution in [3.8, 4) is 0 Å². The molecule has 4 nitrogen and oxygen atoms in total. The van der Waals surface area contributed by atoms with Crippen LogP contribution in [0.4, 0.5) is 0 Å². The molecular formula is C10H16N2O2. The Hall–Kier alpha value is -0.610. The van der Waals surface area contributed by atoms with Crippen LogP contribution < -0.4 is 0 Å². The highest BCUT2D eigenvalue weighted by atomic mass is 16.5. The van der Waals surface area contributed by atoms with Crippen LogP contribution in [0.1, 0.15) is 32.6 Å². The van der Waals surface area contributed by atoms with Gasteiger partial charge in [-0.15, -0.1) is 0 Å². The fraction of sp³-hybridized carbons (Fsp3) is 0.900. The quantitative estimate of drug-likeness (QED) is 0.617. The van der Waals surface area contributed by atoms with E-state index >= 15 is 0 Å². The summed E-state index contributed by atoms with van der Waals surface area (Å²) in [5.74, 6) is 0.211. The maximum absolute atomic E-state index is 11.5. The largest absolute Gasteiger partial charge is 0.337 e. The predicted octanol–water partition coefficient (Wildman–Crippen LogP) is 0.602. The maximum atomic E-state index is 11.5. The molecule has 4 heteroatoms. The molecule has 0 aromatic carbocycles. The molecule has 0 aliphatic carbocycles. The zero-order valence-electron chi connectivity index (χ0n) is 8.39. The first-order valence-electron chi connectivity index (χ1n) is 5.43. The van der Waals surface area contributed by atoms with Crippen LogP contribution in [-0.4, -0.2) is 45.2 Å². The van der Waals surface area contributed by atoms with Crippen LogP contribution in [0.5, 0.6) is 0 Å². The van der Waals surface area contributed by atoms with Crippen LogP contribution >= 0.6 is 0 Å². The number of hydrogen-bond donors (Lipinski definition) is 1. The van der Waals surface area contributed by atoms with Gasteiger partial charge in [-0.25, -0.2) is 0 Å². The number of carbonyl (C=O) groups is 1. The molecular weight excluding hydrogens is 180 g/mol. The number of carbonyl (C=O) groups excluding carboxylic acids is 1. The van der Waals surface area contributed by atoms with Crippen LogP contribution in [0.25, 0.3) is 0 Å². The summed E-state index contributed by atoms with van der Waals surface area (Å²) in [6.45, 7) is 1.67. The highest BCUT2D eigenvalue weighted by Gasteiger charge is 2.51. The third kappa shape index (κ3) is 0.982. The monoisotopic (exact) mass is 196 g/mol. The van der Waals surface area contributed by atoms with Crippen molar-refractivity contribution in [2.24, 2.45) is 0 Å². The highest BCUT2D eigenvalue weighted by Crippen LogP contribution is 2.43. The van der Waals surface area contributed by atoms with Crippen LogP contribution in [0.3, 0.4) is 0 Å². The van der Waals surface area contributed by atoms with E-state index in [9.17, 15) is 10.0 Å². The number of hydrogen-bond acceptors (Lipinski definition) is 3. The third-order valence-electron chi connectivity index (χ3n) is 4.08. The number of nitrogens with zero attached hydrogens (tertiary/aromatic N) is 2. The lowest BCUT2D eigenvalue weighted by Gasteiger charge is -2.58. The van der Waals surface area contributed by atoms with Gasteiger partial charge in [-0.1, -0.05) is 0 Å². The standard InChI is InChI=1S/C10H16N2O2/c1-6(13)11-7-2-9-4-8(11)5-10(3-7)12(9)14/h7-10,14H,2-5H2,1H3. The van der Waals surface area contributed by atoms with Gasteiger partial charge in [-0.05, 0) is 25.7 Å². The van der Waals surface area contributed by atoms with E-state index in [-0.39, 0.29) is 5.91 Å². The summed E-state index contributed by atoms with van der Waals surface area (Å²) in [7, 11) is 0. The second-order valence-corrected chi connectivity index (χ2v) is 4.86. The number of piperidine rings is 4. The molecule has 4 aliphatic heterocycles. The molecule has 0 saturated carbocycles. The average Bonchev–Trinajstić information content (AvgIpc) is 2.10. The average molecular weight is 196 g/mol. The Bertz CT molecular complexity index is 249. The van der Waals surface area contributed by atoms with Crippen LogP contribution in [0.15, 0.2) is 0 Å². The maximum Gasteiger partial charge on any atom is 0.219 e. The molecule has 1 amide bonds. The van der Waals surface area contributed by atoms with Gasteiger partial charge in [0.15, 0.2) is 0 Å². The fourth-order valence-corrected chi connectivity index (χ4v) is 3.64. The Balaban J connectivity index is 1.89. The zero-order valence-corrected chi connectivity index (χ0v) is 8.39. The number of hydroxylamine groups is 2. The summed E-state index contributed by atoms with van der Waals surface area (Å²) < 4.78 is 0. The first-order chi connectivity index (χ1) is 6.66. The molecule has 4 saturated heterocycles. The van der Waals surface area contributed by atoms with Crippen molar-refractivity contribution < 1.29 is 10.0 Å². The molecule has 4 bridgehead atoms. The van der Waals surface area contributed by atoms with E-state index in [4.69, 9.17) is 0 Å². The normalized spacial score (nSPS) is 46.0. The van der Waals surface area contributed by atoms with E-state index in [0.717, 1.165) is 25.7 Å². The third-order valence-corrected chi connectivity index (χ3v) is 4.08. The van der Waals surface area contributed by atoms with Gasteiger partial charge in [0.1, 0.15) is 0 Å². The van der Waals surface area contributed by atoms with Crippen molar-refractivity contribution in [3.63, 3.8) is 0 Å². The molecule has 4 rings (SSSR count). The van der Waals surface area contributed by atoms with E-state index in [1.54, 1.807) is 12.0 Å². The molecule has 4 heterocycles. The molecule has 0 unspecified atom stereocenters. The molecule has 0 aromatic heterocycles. The van der Waals surface area contributed by atoms with Gasteiger partial charge in [0.2, 0.25) is 5.91 Å². The van der Waals surface area contributed by atoms with E-state index in [1.807, 2.05) is 0 Å². The van der Waals surface area contributed by atoms with Crippen molar-refractivity contribution in [3.05, 3.63) is 0 Å². The molecule has 14 heavy (non-hydrogen) atoms. The van der Waals surface area contributed by atoms with Crippen molar-refractivity contribution in [2.45, 2.75) is 56.8 Å². The zero-order chi connectivity index (χ0) is 9.87. The van der Waals surface area contributed by atoms with Gasteiger partial charge in [-0.3, -0.25) is 4.79 Å². The second-order valence-electron chi connectivity index (χ2n) is 4.86. The minimum atomic E-state index is 0.211. The van der Waals surface area contributed by atoms with E-state index in [0.29, 0.717) is 24.2 Å². The number of amides is 1. The topological polar surface area (TPSA) is 43.8 Å². The summed E-state index contributed by atoms with van der Waals surface area (Å²) >= 11 is 0. The molecule has 0 spiro atoms. The molecule has 0 atom stereocenters. The summed E-state index contributed by atoms with van der Waals surface area (Å²) in [4.78, 5) is 13.5. The van der Waals surface area contributed by atoms with Crippen LogP contribution in [0, 0.1) is 0 Å². The molecule has 0 radical (unpaired) electrons. The van der Waals surface area contributed by atoms with Gasteiger partial charge in [0, 0.05) is 31.1 Å². The van der Waals surface area contributed by atoms with Gasteiger partial charge >= 0.3 is 0 Å². The van der Waals surface area contributed by atoms with Gasteiger partial charge in [-0.2, -0.15) is 5.06 Å². The molecule has 1 N–H and O–H groups in total. The van der Waals surface area contributed by atoms with E-state index in [2.05, 4.69) is 4.90 Å². The van der Waals surface area contributed by atoms with Crippen molar-refractivity contribution >= 4 is 5.91 Å². The van der Waals surface area contributed by atoms with Gasteiger partial charge in [0.05, 0.1) is 0 Å². The summed E-state index contributed by atoms with van der Waals surface area (Å²) in [6.07, 6.45) is 3.85. The minimum Gasteiger partial charge on any atom is -0.337 e. The Kier molecular flexibility index (Phi) is 1.67. The SMILES string of the molecule is CC(=O)N1C2CC3CC1CC(C2)N3O. The summed E-state index contributed by atoms with van der Waals surface area (Å²) in [5.41, 5.74) is 0. The Morgan fingerprint density at radius 2 is 1.50 bits per heavy atom. The van der Waals surface area contributed by atoms with Gasteiger partial charge in [0.25, 0.3) is 0 Å². The smallest absolute Gasteiger partial charge is 0.219 e. The second kappa shape index (κ2) is 2.70. The Labute approximate surface area is 83.4 Å². The van der Waals surface area contributed by atoms with Crippen molar-refractivity contribution in [1.82, 2.24) is 9.96 Å². The number of rotatable bonds is 0. The van der Waals surface area contributed by atoms with Gasteiger partial charge < -0.3 is 10.1 Å². The first-order valence-corrected chi connectivity index (χ1v) is 5.43. The lowest BCUT2D eigenvalue weighted by molar-refractivity contribution is -0.240. The minimum absolute atomic E-state index is 0.211. The fourth-order valence-electron chi connectivity index (χ4n) is 3.64. The molecule has 78 valence electrons. The summed E-state index contributed by atoms with van der Waals surface area (Å²) in [5, 5.41) is 11.3. The van der Waals surface area contributed by atoms with E-state index < -0.39 is 0 Å². The Morgan fingerprint density at radius 3 is 1.86 bits per heavy atom. The molecule has 4 fully saturated rings. The van der Waals surface area contributed by atoms with Crippen LogP contribution in [-0.2, 0) is 4.79 Å². The van der Waals surface area contributed by atoms with Crippen molar-refractivity contribution in [1.29, 1.82) is 0 Å². The highest BCUT2D eigenvalue weighted by molar-refractivity contribution is 5.74. The lowest BCUT2D eigenvalue weighted by atomic mass is 9.74.